The van der Waals surface area contributed by atoms with E-state index < -0.39 is 0 Å². The number of pyridine rings is 1. The van der Waals surface area contributed by atoms with Crippen molar-refractivity contribution in [1.29, 1.82) is 0 Å². The van der Waals surface area contributed by atoms with E-state index in [0.29, 0.717) is 24.9 Å². The van der Waals surface area contributed by atoms with Crippen molar-refractivity contribution in [3.8, 4) is 5.75 Å². The Morgan fingerprint density at radius 3 is 2.60 bits per heavy atom. The lowest BCUT2D eigenvalue weighted by molar-refractivity contribution is 0.475. The van der Waals surface area contributed by atoms with Crippen LogP contribution >= 0.6 is 0 Å². The number of phenolic OH excluding ortho intramolecular Hbond substituents is 1. The maximum Gasteiger partial charge on any atom is 0.227 e. The minimum absolute atomic E-state index is 0.237. The third kappa shape index (κ3) is 4.48. The summed E-state index contributed by atoms with van der Waals surface area (Å²) < 4.78 is 2.04. The summed E-state index contributed by atoms with van der Waals surface area (Å²) in [5.41, 5.74) is 3.73. The first-order chi connectivity index (χ1) is 14.6. The summed E-state index contributed by atoms with van der Waals surface area (Å²) in [7, 11) is 0. The molecule has 0 aliphatic carbocycles. The molecule has 0 aliphatic heterocycles. The number of aromatic nitrogens is 5. The standard InChI is InChI=1S/C22H25N7O/c1-15(2)29-14-26-19-20(24-11-9-16-5-7-18(30)8-6-16)27-22(28-21(19)29)25-13-17-4-3-10-23-12-17/h3-8,10,12,14-15,30H,9,11,13H2,1-2H3,(H2,24,25,27,28). The second-order valence-corrected chi connectivity index (χ2v) is 7.37. The van der Waals surface area contributed by atoms with Crippen LogP contribution in [-0.2, 0) is 13.0 Å². The lowest BCUT2D eigenvalue weighted by Crippen LogP contribution is -2.11. The van der Waals surface area contributed by atoms with Crippen molar-refractivity contribution in [3.63, 3.8) is 0 Å². The molecule has 30 heavy (non-hydrogen) atoms. The van der Waals surface area contributed by atoms with Crippen molar-refractivity contribution in [2.75, 3.05) is 17.2 Å². The summed E-state index contributed by atoms with van der Waals surface area (Å²) in [4.78, 5) is 18.0. The van der Waals surface area contributed by atoms with E-state index in [1.54, 1.807) is 24.7 Å². The number of benzene rings is 1. The van der Waals surface area contributed by atoms with Gasteiger partial charge in [0, 0.05) is 31.5 Å². The van der Waals surface area contributed by atoms with Gasteiger partial charge in [0.15, 0.2) is 17.0 Å². The molecule has 0 saturated carbocycles. The molecule has 8 heteroatoms. The molecule has 4 rings (SSSR count). The first kappa shape index (κ1) is 19.6. The third-order valence-electron chi connectivity index (χ3n) is 4.79. The van der Waals surface area contributed by atoms with E-state index in [2.05, 4.69) is 39.4 Å². The third-order valence-corrected chi connectivity index (χ3v) is 4.79. The number of hydrogen-bond acceptors (Lipinski definition) is 7. The number of nitrogens with one attached hydrogen (secondary N) is 2. The molecule has 0 unspecified atom stereocenters. The number of aromatic hydroxyl groups is 1. The molecule has 3 N–H and O–H groups in total. The number of nitrogens with zero attached hydrogens (tertiary/aromatic N) is 5. The number of rotatable bonds is 8. The predicted molar refractivity (Wildman–Crippen MR) is 118 cm³/mol. The molecule has 1 aromatic carbocycles. The smallest absolute Gasteiger partial charge is 0.227 e. The van der Waals surface area contributed by atoms with E-state index >= 15 is 0 Å². The Morgan fingerprint density at radius 2 is 1.87 bits per heavy atom. The predicted octanol–water partition coefficient (Wildman–Crippen LogP) is 3.77. The molecule has 3 heterocycles. The first-order valence-electron chi connectivity index (χ1n) is 9.99. The highest BCUT2D eigenvalue weighted by Crippen LogP contribution is 2.23. The van der Waals surface area contributed by atoms with Gasteiger partial charge in [-0.25, -0.2) is 4.98 Å². The van der Waals surface area contributed by atoms with Crippen LogP contribution in [0, 0.1) is 0 Å². The molecule has 0 radical (unpaired) electrons. The van der Waals surface area contributed by atoms with Crippen LogP contribution in [0.2, 0.25) is 0 Å². The minimum atomic E-state index is 0.237. The lowest BCUT2D eigenvalue weighted by Gasteiger charge is -2.12. The van der Waals surface area contributed by atoms with E-state index in [1.165, 1.54) is 0 Å². The average Bonchev–Trinajstić information content (AvgIpc) is 3.19. The summed E-state index contributed by atoms with van der Waals surface area (Å²) in [6.45, 7) is 5.48. The van der Waals surface area contributed by atoms with Gasteiger partial charge in [0.25, 0.3) is 0 Å². The fourth-order valence-electron chi connectivity index (χ4n) is 3.17. The van der Waals surface area contributed by atoms with Gasteiger partial charge in [-0.05, 0) is 49.6 Å². The molecule has 0 aliphatic rings. The van der Waals surface area contributed by atoms with Gasteiger partial charge in [-0.3, -0.25) is 4.98 Å². The van der Waals surface area contributed by atoms with E-state index in [1.807, 2.05) is 35.0 Å². The van der Waals surface area contributed by atoms with Crippen LogP contribution < -0.4 is 10.6 Å². The molecule has 0 fully saturated rings. The topological polar surface area (TPSA) is 101 Å². The number of anilines is 2. The second-order valence-electron chi connectivity index (χ2n) is 7.37. The van der Waals surface area contributed by atoms with Crippen LogP contribution in [0.5, 0.6) is 5.75 Å². The van der Waals surface area contributed by atoms with Crippen molar-refractivity contribution in [1.82, 2.24) is 24.5 Å². The lowest BCUT2D eigenvalue weighted by atomic mass is 10.1. The van der Waals surface area contributed by atoms with Gasteiger partial charge in [0.05, 0.1) is 6.33 Å². The van der Waals surface area contributed by atoms with Gasteiger partial charge in [0.2, 0.25) is 5.95 Å². The Balaban J connectivity index is 1.55. The fraction of sp³-hybridized carbons (Fsp3) is 0.273. The quantitative estimate of drug-likeness (QED) is 0.412. The summed E-state index contributed by atoms with van der Waals surface area (Å²) >= 11 is 0. The van der Waals surface area contributed by atoms with Crippen LogP contribution in [0.1, 0.15) is 31.0 Å². The van der Waals surface area contributed by atoms with Crippen molar-refractivity contribution in [2.24, 2.45) is 0 Å². The maximum absolute atomic E-state index is 9.43. The van der Waals surface area contributed by atoms with E-state index in [0.717, 1.165) is 28.7 Å². The van der Waals surface area contributed by atoms with Gasteiger partial charge in [0.1, 0.15) is 5.75 Å². The molecule has 0 saturated heterocycles. The van der Waals surface area contributed by atoms with Crippen LogP contribution in [0.3, 0.4) is 0 Å². The average molecular weight is 403 g/mol. The van der Waals surface area contributed by atoms with Crippen LogP contribution in [0.4, 0.5) is 11.8 Å². The molecular weight excluding hydrogens is 378 g/mol. The van der Waals surface area contributed by atoms with Crippen molar-refractivity contribution in [3.05, 3.63) is 66.2 Å². The van der Waals surface area contributed by atoms with Gasteiger partial charge >= 0.3 is 0 Å². The highest BCUT2D eigenvalue weighted by molar-refractivity contribution is 5.84. The SMILES string of the molecule is CC(C)n1cnc2c(NCCc3ccc(O)cc3)nc(NCc3cccnc3)nc21. The summed E-state index contributed by atoms with van der Waals surface area (Å²) in [6, 6.07) is 11.4. The zero-order valence-electron chi connectivity index (χ0n) is 17.1. The molecule has 0 amide bonds. The summed E-state index contributed by atoms with van der Waals surface area (Å²) in [5.74, 6) is 1.51. The highest BCUT2D eigenvalue weighted by atomic mass is 16.3. The highest BCUT2D eigenvalue weighted by Gasteiger charge is 2.14. The second kappa shape index (κ2) is 8.77. The van der Waals surface area contributed by atoms with Crippen LogP contribution in [0.25, 0.3) is 11.2 Å². The Kier molecular flexibility index (Phi) is 5.74. The fourth-order valence-corrected chi connectivity index (χ4v) is 3.17. The van der Waals surface area contributed by atoms with Crippen molar-refractivity contribution >= 4 is 22.9 Å². The Hall–Kier alpha value is -3.68. The molecule has 0 bridgehead atoms. The zero-order chi connectivity index (χ0) is 20.9. The van der Waals surface area contributed by atoms with Crippen molar-refractivity contribution in [2.45, 2.75) is 32.9 Å². The van der Waals surface area contributed by atoms with Crippen LogP contribution in [-0.4, -0.2) is 36.2 Å². The maximum atomic E-state index is 9.43. The Morgan fingerprint density at radius 1 is 1.03 bits per heavy atom. The van der Waals surface area contributed by atoms with Crippen molar-refractivity contribution < 1.29 is 5.11 Å². The Bertz CT molecular complexity index is 1110. The van der Waals surface area contributed by atoms with E-state index in [9.17, 15) is 5.11 Å². The minimum Gasteiger partial charge on any atom is -0.508 e. The molecular formula is C22H25N7O. The molecule has 8 nitrogen and oxygen atoms in total. The number of imidazole rings is 1. The van der Waals surface area contributed by atoms with Gasteiger partial charge < -0.3 is 20.3 Å². The summed E-state index contributed by atoms with van der Waals surface area (Å²) in [6.07, 6.45) is 6.18. The van der Waals surface area contributed by atoms with E-state index in [4.69, 9.17) is 4.98 Å². The molecule has 4 aromatic rings. The monoisotopic (exact) mass is 403 g/mol. The molecule has 0 spiro atoms. The molecule has 0 atom stereocenters. The Labute approximate surface area is 175 Å². The number of fused-ring (bicyclic) bond motifs is 1. The first-order valence-corrected chi connectivity index (χ1v) is 9.99. The van der Waals surface area contributed by atoms with Crippen LogP contribution in [0.15, 0.2) is 55.1 Å². The molecule has 3 aromatic heterocycles. The van der Waals surface area contributed by atoms with E-state index in [-0.39, 0.29) is 11.8 Å². The zero-order valence-corrected chi connectivity index (χ0v) is 17.1. The normalized spacial score (nSPS) is 11.2. The number of hydrogen-bond donors (Lipinski definition) is 3. The van der Waals surface area contributed by atoms with Gasteiger partial charge in [-0.1, -0.05) is 18.2 Å². The largest absolute Gasteiger partial charge is 0.508 e. The van der Waals surface area contributed by atoms with Gasteiger partial charge in [-0.2, -0.15) is 9.97 Å². The molecule has 154 valence electrons. The summed E-state index contributed by atoms with van der Waals surface area (Å²) in [5, 5.41) is 16.1. The van der Waals surface area contributed by atoms with Gasteiger partial charge in [-0.15, -0.1) is 0 Å². The number of phenols is 1.